The van der Waals surface area contributed by atoms with Gasteiger partial charge < -0.3 is 9.26 Å². The van der Waals surface area contributed by atoms with E-state index in [1.54, 1.807) is 7.11 Å². The molecule has 0 aliphatic carbocycles. The molecule has 20 heavy (non-hydrogen) atoms. The first kappa shape index (κ1) is 11.9. The Morgan fingerprint density at radius 3 is 2.80 bits per heavy atom. The van der Waals surface area contributed by atoms with Crippen molar-refractivity contribution < 1.29 is 9.26 Å². The second-order valence-electron chi connectivity index (χ2n) is 3.92. The van der Waals surface area contributed by atoms with Crippen molar-refractivity contribution in [2.45, 2.75) is 0 Å². The van der Waals surface area contributed by atoms with Crippen LogP contribution in [0.4, 0.5) is 0 Å². The van der Waals surface area contributed by atoms with Gasteiger partial charge in [0, 0.05) is 5.56 Å². The monoisotopic (exact) mass is 267 g/mol. The predicted molar refractivity (Wildman–Crippen MR) is 68.6 cm³/mol. The Morgan fingerprint density at radius 2 is 2.10 bits per heavy atom. The summed E-state index contributed by atoms with van der Waals surface area (Å²) in [7, 11) is 1.60. The van der Waals surface area contributed by atoms with E-state index in [2.05, 4.69) is 20.3 Å². The number of aromatic amines is 1. The molecule has 98 valence electrons. The van der Waals surface area contributed by atoms with E-state index in [1.165, 1.54) is 6.20 Å². The molecule has 0 aliphatic rings. The van der Waals surface area contributed by atoms with Crippen LogP contribution >= 0.6 is 0 Å². The zero-order chi connectivity index (χ0) is 13.9. The molecule has 0 fully saturated rings. The summed E-state index contributed by atoms with van der Waals surface area (Å²) < 4.78 is 10.2. The minimum Gasteiger partial charge on any atom is -0.497 e. The van der Waals surface area contributed by atoms with Crippen molar-refractivity contribution in [3.63, 3.8) is 0 Å². The maximum Gasteiger partial charge on any atom is 0.262 e. The quantitative estimate of drug-likeness (QED) is 0.778. The number of nitriles is 1. The number of H-pyrrole nitrogens is 1. The average Bonchev–Trinajstić information content (AvgIpc) is 3.15. The van der Waals surface area contributed by atoms with Gasteiger partial charge in [-0.05, 0) is 24.3 Å². The average molecular weight is 267 g/mol. The van der Waals surface area contributed by atoms with E-state index in [9.17, 15) is 0 Å². The van der Waals surface area contributed by atoms with Crippen LogP contribution in [0.5, 0.6) is 5.75 Å². The number of nitrogens with zero attached hydrogens (tertiary/aromatic N) is 4. The molecule has 3 rings (SSSR count). The summed E-state index contributed by atoms with van der Waals surface area (Å²) in [5.74, 6) is 1.44. The Balaban J connectivity index is 1.96. The lowest BCUT2D eigenvalue weighted by molar-refractivity contribution is 0.415. The largest absolute Gasteiger partial charge is 0.497 e. The van der Waals surface area contributed by atoms with Gasteiger partial charge in [0.1, 0.15) is 17.5 Å². The summed E-state index contributed by atoms with van der Waals surface area (Å²) in [4.78, 5) is 4.26. The molecule has 1 aromatic carbocycles. The highest BCUT2D eigenvalue weighted by Crippen LogP contribution is 2.24. The second kappa shape index (κ2) is 4.85. The van der Waals surface area contributed by atoms with Gasteiger partial charge in [0.15, 0.2) is 0 Å². The van der Waals surface area contributed by atoms with Crippen LogP contribution in [0.1, 0.15) is 5.69 Å². The summed E-state index contributed by atoms with van der Waals surface area (Å²) in [6, 6.07) is 9.25. The number of hydrogen-bond donors (Lipinski definition) is 1. The SMILES string of the molecule is COc1ccc(-c2noc(-c3cn[nH]c3C#N)n2)cc1. The van der Waals surface area contributed by atoms with Gasteiger partial charge in [-0.3, -0.25) is 5.10 Å². The van der Waals surface area contributed by atoms with Gasteiger partial charge >= 0.3 is 0 Å². The number of nitrogens with one attached hydrogen (secondary N) is 1. The molecule has 7 nitrogen and oxygen atoms in total. The van der Waals surface area contributed by atoms with Crippen LogP contribution in [0.15, 0.2) is 35.0 Å². The summed E-state index contributed by atoms with van der Waals surface area (Å²) in [6.45, 7) is 0. The minimum absolute atomic E-state index is 0.251. The predicted octanol–water partition coefficient (Wildman–Crippen LogP) is 2.01. The van der Waals surface area contributed by atoms with E-state index in [4.69, 9.17) is 14.5 Å². The molecule has 0 spiro atoms. The van der Waals surface area contributed by atoms with Gasteiger partial charge in [-0.25, -0.2) is 0 Å². The van der Waals surface area contributed by atoms with Crippen molar-refractivity contribution in [3.8, 4) is 34.7 Å². The van der Waals surface area contributed by atoms with E-state index >= 15 is 0 Å². The molecule has 2 aromatic heterocycles. The number of methoxy groups -OCH3 is 1. The van der Waals surface area contributed by atoms with Gasteiger partial charge in [-0.15, -0.1) is 0 Å². The number of ether oxygens (including phenoxy) is 1. The highest BCUT2D eigenvalue weighted by atomic mass is 16.5. The lowest BCUT2D eigenvalue weighted by Crippen LogP contribution is -1.84. The second-order valence-corrected chi connectivity index (χ2v) is 3.92. The molecule has 0 atom stereocenters. The summed E-state index contributed by atoms with van der Waals surface area (Å²) in [5.41, 5.74) is 1.57. The molecular weight excluding hydrogens is 258 g/mol. The van der Waals surface area contributed by atoms with Crippen molar-refractivity contribution in [2.75, 3.05) is 7.11 Å². The number of rotatable bonds is 3. The lowest BCUT2D eigenvalue weighted by atomic mass is 10.2. The maximum absolute atomic E-state index is 8.93. The number of aromatic nitrogens is 4. The molecule has 0 saturated heterocycles. The maximum atomic E-state index is 8.93. The third-order valence-corrected chi connectivity index (χ3v) is 2.76. The van der Waals surface area contributed by atoms with Crippen molar-refractivity contribution in [2.24, 2.45) is 0 Å². The molecule has 0 saturated carbocycles. The van der Waals surface area contributed by atoms with Crippen LogP contribution < -0.4 is 4.74 Å². The van der Waals surface area contributed by atoms with Crippen LogP contribution in [0.3, 0.4) is 0 Å². The van der Waals surface area contributed by atoms with Crippen LogP contribution in [0, 0.1) is 11.3 Å². The Hall–Kier alpha value is -3.14. The number of benzene rings is 1. The van der Waals surface area contributed by atoms with E-state index in [1.807, 2.05) is 30.3 Å². The first-order valence-corrected chi connectivity index (χ1v) is 5.74. The van der Waals surface area contributed by atoms with E-state index < -0.39 is 0 Å². The third-order valence-electron chi connectivity index (χ3n) is 2.76. The zero-order valence-corrected chi connectivity index (χ0v) is 10.5. The van der Waals surface area contributed by atoms with Crippen LogP contribution in [-0.4, -0.2) is 27.4 Å². The van der Waals surface area contributed by atoms with Crippen molar-refractivity contribution in [1.82, 2.24) is 20.3 Å². The van der Waals surface area contributed by atoms with Crippen LogP contribution in [-0.2, 0) is 0 Å². The molecule has 3 aromatic rings. The summed E-state index contributed by atoms with van der Waals surface area (Å²) in [5, 5.41) is 19.2. The van der Waals surface area contributed by atoms with Gasteiger partial charge in [0.2, 0.25) is 5.82 Å². The van der Waals surface area contributed by atoms with Crippen LogP contribution in [0.25, 0.3) is 22.8 Å². The molecule has 1 N–H and O–H groups in total. The lowest BCUT2D eigenvalue weighted by Gasteiger charge is -1.98. The summed E-state index contributed by atoms with van der Waals surface area (Å²) in [6.07, 6.45) is 1.48. The van der Waals surface area contributed by atoms with Gasteiger partial charge in [0.25, 0.3) is 5.89 Å². The van der Waals surface area contributed by atoms with Crippen LogP contribution in [0.2, 0.25) is 0 Å². The molecule has 0 radical (unpaired) electrons. The normalized spacial score (nSPS) is 10.2. The first-order valence-electron chi connectivity index (χ1n) is 5.74. The van der Waals surface area contributed by atoms with Crippen molar-refractivity contribution in [1.29, 1.82) is 5.26 Å². The Morgan fingerprint density at radius 1 is 1.30 bits per heavy atom. The number of hydrogen-bond acceptors (Lipinski definition) is 6. The highest BCUT2D eigenvalue weighted by molar-refractivity contribution is 5.63. The molecule has 0 unspecified atom stereocenters. The van der Waals surface area contributed by atoms with Crippen molar-refractivity contribution >= 4 is 0 Å². The van der Waals surface area contributed by atoms with E-state index in [0.29, 0.717) is 11.4 Å². The zero-order valence-electron chi connectivity index (χ0n) is 10.5. The smallest absolute Gasteiger partial charge is 0.262 e. The fourth-order valence-corrected chi connectivity index (χ4v) is 1.72. The fourth-order valence-electron chi connectivity index (χ4n) is 1.72. The molecule has 2 heterocycles. The molecule has 7 heteroatoms. The van der Waals surface area contributed by atoms with E-state index in [0.717, 1.165) is 11.3 Å². The van der Waals surface area contributed by atoms with Gasteiger partial charge in [-0.1, -0.05) is 5.16 Å². The van der Waals surface area contributed by atoms with E-state index in [-0.39, 0.29) is 11.6 Å². The highest BCUT2D eigenvalue weighted by Gasteiger charge is 2.15. The topological polar surface area (TPSA) is 101 Å². The summed E-state index contributed by atoms with van der Waals surface area (Å²) >= 11 is 0. The minimum atomic E-state index is 0.251. The third kappa shape index (κ3) is 1.99. The van der Waals surface area contributed by atoms with Gasteiger partial charge in [0.05, 0.1) is 18.9 Å². The molecule has 0 bridgehead atoms. The standard InChI is InChI=1S/C13H9N5O2/c1-19-9-4-2-8(3-5-9)12-16-13(20-18-12)10-7-15-17-11(10)6-14/h2-5,7H,1H3,(H,15,17). The fraction of sp³-hybridized carbons (Fsp3) is 0.0769. The molecular formula is C13H9N5O2. The molecule has 0 aliphatic heterocycles. The Kier molecular flexibility index (Phi) is 2.89. The van der Waals surface area contributed by atoms with Gasteiger partial charge in [-0.2, -0.15) is 15.3 Å². The van der Waals surface area contributed by atoms with Crippen molar-refractivity contribution in [3.05, 3.63) is 36.2 Å². The first-order chi connectivity index (χ1) is 9.81. The Bertz CT molecular complexity index is 767. The Labute approximate surface area is 113 Å². The molecule has 0 amide bonds.